The van der Waals surface area contributed by atoms with Gasteiger partial charge in [0.1, 0.15) is 4.90 Å². The summed E-state index contributed by atoms with van der Waals surface area (Å²) in [5.74, 6) is 0. The van der Waals surface area contributed by atoms with Gasteiger partial charge in [-0.2, -0.15) is 12.7 Å². The van der Waals surface area contributed by atoms with E-state index >= 15 is 0 Å². The Labute approximate surface area is 139 Å². The van der Waals surface area contributed by atoms with Gasteiger partial charge in [0, 0.05) is 10.9 Å². The van der Waals surface area contributed by atoms with Gasteiger partial charge in [0.25, 0.3) is 0 Å². The molecule has 0 fully saturated rings. The normalized spacial score (nSPS) is 11.3. The van der Waals surface area contributed by atoms with Crippen molar-refractivity contribution < 1.29 is 17.5 Å². The first kappa shape index (κ1) is 16.1. The van der Waals surface area contributed by atoms with E-state index in [-0.39, 0.29) is 10.5 Å². The summed E-state index contributed by atoms with van der Waals surface area (Å²) in [5, 5.41) is 1.12. The van der Waals surface area contributed by atoms with E-state index in [1.54, 1.807) is 54.6 Å². The van der Waals surface area contributed by atoms with Crippen molar-refractivity contribution in [3.8, 4) is 0 Å². The van der Waals surface area contributed by atoms with E-state index in [0.29, 0.717) is 22.7 Å². The smallest absolute Gasteiger partial charge is 0.298 e. The molecule has 0 aromatic heterocycles. The monoisotopic (exact) mass is 342 g/mol. The number of para-hydroxylation sites is 1. The third kappa shape index (κ3) is 3.28. The van der Waals surface area contributed by atoms with Gasteiger partial charge in [-0.05, 0) is 23.6 Å². The lowest BCUT2D eigenvalue weighted by atomic mass is 10.1. The van der Waals surface area contributed by atoms with Crippen LogP contribution in [0.15, 0.2) is 71.6 Å². The highest BCUT2D eigenvalue weighted by Crippen LogP contribution is 2.27. The molecule has 0 aliphatic heterocycles. The average Bonchev–Trinajstić information content (AvgIpc) is 2.61. The predicted octanol–water partition coefficient (Wildman–Crippen LogP) is 2.89. The summed E-state index contributed by atoms with van der Waals surface area (Å²) in [6.45, 7) is 0. The third-order valence-electron chi connectivity index (χ3n) is 3.41. The zero-order valence-corrected chi connectivity index (χ0v) is 13.3. The summed E-state index contributed by atoms with van der Waals surface area (Å²) < 4.78 is 29.9. The van der Waals surface area contributed by atoms with Crippen molar-refractivity contribution in [1.82, 2.24) is 5.59 Å². The van der Waals surface area contributed by atoms with Crippen LogP contribution in [0, 0.1) is 0 Å². The maximum Gasteiger partial charge on any atom is 0.315 e. The molecule has 0 saturated heterocycles. The molecule has 0 spiro atoms. The van der Waals surface area contributed by atoms with Crippen molar-refractivity contribution in [1.29, 1.82) is 0 Å². The first-order valence-electron chi connectivity index (χ1n) is 7.08. The number of hydrogen-bond donors (Lipinski definition) is 2. The van der Waals surface area contributed by atoms with E-state index in [1.165, 1.54) is 6.07 Å². The highest BCUT2D eigenvalue weighted by atomic mass is 32.2. The van der Waals surface area contributed by atoms with Gasteiger partial charge in [0.2, 0.25) is 0 Å². The molecule has 0 atom stereocenters. The zero-order chi connectivity index (χ0) is 17.0. The minimum atomic E-state index is -4.20. The van der Waals surface area contributed by atoms with Crippen molar-refractivity contribution >= 4 is 32.9 Å². The maximum absolute atomic E-state index is 12.5. The molecule has 24 heavy (non-hydrogen) atoms. The lowest BCUT2D eigenvalue weighted by Crippen LogP contribution is -2.26. The second-order valence-electron chi connectivity index (χ2n) is 4.95. The van der Waals surface area contributed by atoms with Crippen molar-refractivity contribution in [3.05, 3.63) is 72.3 Å². The quantitative estimate of drug-likeness (QED) is 0.529. The van der Waals surface area contributed by atoms with Crippen LogP contribution in [0.5, 0.6) is 0 Å². The van der Waals surface area contributed by atoms with Gasteiger partial charge >= 0.3 is 10.1 Å². The van der Waals surface area contributed by atoms with Crippen LogP contribution in [0.3, 0.4) is 0 Å². The fourth-order valence-electron chi connectivity index (χ4n) is 2.33. The Kier molecular flexibility index (Phi) is 4.57. The third-order valence-corrected chi connectivity index (χ3v) is 4.67. The van der Waals surface area contributed by atoms with Gasteiger partial charge in [-0.15, -0.1) is 0 Å². The molecule has 0 aliphatic carbocycles. The number of anilines is 1. The molecule has 2 N–H and O–H groups in total. The molecule has 3 aromatic carbocycles. The van der Waals surface area contributed by atoms with Crippen LogP contribution in [0.1, 0.15) is 10.4 Å². The Morgan fingerprint density at radius 1 is 0.875 bits per heavy atom. The van der Waals surface area contributed by atoms with Gasteiger partial charge in [0.05, 0.1) is 5.69 Å². The summed E-state index contributed by atoms with van der Waals surface area (Å²) in [7, 11) is -4.20. The van der Waals surface area contributed by atoms with Crippen molar-refractivity contribution in [3.63, 3.8) is 0 Å². The Balaban J connectivity index is 1.91. The lowest BCUT2D eigenvalue weighted by molar-refractivity contribution is 0.112. The molecule has 0 amide bonds. The summed E-state index contributed by atoms with van der Waals surface area (Å²) in [5.41, 5.74) is 5.48. The predicted molar refractivity (Wildman–Crippen MR) is 90.8 cm³/mol. The summed E-state index contributed by atoms with van der Waals surface area (Å²) in [6.07, 6.45) is 0.493. The number of nitrogens with one attached hydrogen (secondary N) is 2. The number of hydrazine groups is 1. The number of carbonyl (C=O) groups is 1. The fourth-order valence-corrected chi connectivity index (χ4v) is 3.42. The molecule has 122 valence electrons. The summed E-state index contributed by atoms with van der Waals surface area (Å²) in [4.78, 5) is 11.1. The van der Waals surface area contributed by atoms with Gasteiger partial charge in [0.15, 0.2) is 6.29 Å². The van der Waals surface area contributed by atoms with Crippen molar-refractivity contribution in [2.45, 2.75) is 4.90 Å². The number of carbonyl (C=O) groups excluding carboxylic acids is 1. The molecule has 0 aliphatic rings. The van der Waals surface area contributed by atoms with Gasteiger partial charge < -0.3 is 0 Å². The number of fused-ring (bicyclic) bond motifs is 1. The van der Waals surface area contributed by atoms with Crippen LogP contribution in [0.2, 0.25) is 0 Å². The van der Waals surface area contributed by atoms with Crippen LogP contribution in [-0.2, 0) is 14.4 Å². The van der Waals surface area contributed by atoms with Gasteiger partial charge in [-0.25, -0.2) is 0 Å². The van der Waals surface area contributed by atoms with E-state index in [1.807, 2.05) is 6.07 Å². The Hall–Kier alpha value is -2.74. The average molecular weight is 342 g/mol. The molecule has 0 bridgehead atoms. The second kappa shape index (κ2) is 6.79. The lowest BCUT2D eigenvalue weighted by Gasteiger charge is -2.12. The molecule has 0 unspecified atom stereocenters. The first-order chi connectivity index (χ1) is 11.6. The highest BCUT2D eigenvalue weighted by Gasteiger charge is 2.23. The van der Waals surface area contributed by atoms with E-state index < -0.39 is 10.1 Å². The number of benzene rings is 3. The summed E-state index contributed by atoms with van der Waals surface area (Å²) >= 11 is 0. The van der Waals surface area contributed by atoms with E-state index in [0.717, 1.165) is 0 Å². The molecule has 0 heterocycles. The van der Waals surface area contributed by atoms with Gasteiger partial charge in [-0.3, -0.25) is 10.2 Å². The van der Waals surface area contributed by atoms with E-state index in [2.05, 4.69) is 11.0 Å². The molecule has 3 aromatic rings. The second-order valence-corrected chi connectivity index (χ2v) is 6.44. The summed E-state index contributed by atoms with van der Waals surface area (Å²) in [6, 6.07) is 18.9. The van der Waals surface area contributed by atoms with Crippen LogP contribution >= 0.6 is 0 Å². The van der Waals surface area contributed by atoms with E-state index in [9.17, 15) is 13.2 Å². The van der Waals surface area contributed by atoms with E-state index in [4.69, 9.17) is 4.28 Å². The molecular weight excluding hydrogens is 328 g/mol. The standard InChI is InChI=1S/C17H14N2O4S/c20-12-14-11-10-13-6-4-5-9-16(13)17(14)24(21,22)23-19-18-15-7-2-1-3-8-15/h1-12,18-19H. The molecule has 0 radical (unpaired) electrons. The molecule has 6 nitrogen and oxygen atoms in total. The minimum Gasteiger partial charge on any atom is -0.298 e. The number of hydrogen-bond acceptors (Lipinski definition) is 6. The largest absolute Gasteiger partial charge is 0.315 e. The Morgan fingerprint density at radius 2 is 1.58 bits per heavy atom. The topological polar surface area (TPSA) is 84.5 Å². The van der Waals surface area contributed by atoms with Crippen molar-refractivity contribution in [2.24, 2.45) is 0 Å². The Morgan fingerprint density at radius 3 is 2.33 bits per heavy atom. The molecular formula is C17H14N2O4S. The highest BCUT2D eigenvalue weighted by molar-refractivity contribution is 7.87. The molecule has 3 rings (SSSR count). The number of rotatable bonds is 6. The van der Waals surface area contributed by atoms with Crippen LogP contribution in [0.25, 0.3) is 10.8 Å². The van der Waals surface area contributed by atoms with Crippen LogP contribution in [0.4, 0.5) is 5.69 Å². The first-order valence-corrected chi connectivity index (χ1v) is 8.49. The van der Waals surface area contributed by atoms with Crippen LogP contribution < -0.4 is 11.0 Å². The van der Waals surface area contributed by atoms with Crippen LogP contribution in [-0.4, -0.2) is 14.7 Å². The SMILES string of the molecule is O=Cc1ccc2ccccc2c1S(=O)(=O)ONNc1ccccc1. The molecule has 7 heteroatoms. The number of aldehydes is 1. The van der Waals surface area contributed by atoms with Crippen molar-refractivity contribution in [2.75, 3.05) is 5.43 Å². The molecule has 0 saturated carbocycles. The zero-order valence-electron chi connectivity index (χ0n) is 12.5. The maximum atomic E-state index is 12.5. The minimum absolute atomic E-state index is 0.0372. The Bertz CT molecular complexity index is 972. The fraction of sp³-hybridized carbons (Fsp3) is 0. The van der Waals surface area contributed by atoms with Gasteiger partial charge in [-0.1, -0.05) is 54.1 Å².